The van der Waals surface area contributed by atoms with Gasteiger partial charge in [-0.15, -0.1) is 0 Å². The predicted molar refractivity (Wildman–Crippen MR) is 87.8 cm³/mol. The van der Waals surface area contributed by atoms with E-state index in [1.807, 2.05) is 13.8 Å². The van der Waals surface area contributed by atoms with Gasteiger partial charge in [-0.2, -0.15) is 4.31 Å². The Labute approximate surface area is 132 Å². The normalized spacial score (nSPS) is 12.0. The van der Waals surface area contributed by atoms with Crippen LogP contribution in [0.25, 0.3) is 0 Å². The molecule has 0 unspecified atom stereocenters. The Morgan fingerprint density at radius 3 is 2.33 bits per heavy atom. The summed E-state index contributed by atoms with van der Waals surface area (Å²) in [5.74, 6) is 0. The Bertz CT molecular complexity index is 568. The number of rotatable bonds is 8. The summed E-state index contributed by atoms with van der Waals surface area (Å²) in [7, 11) is -1.98. The molecule has 0 heterocycles. The summed E-state index contributed by atoms with van der Waals surface area (Å²) in [6.07, 6.45) is 0.466. The highest BCUT2D eigenvalue weighted by Gasteiger charge is 2.26. The van der Waals surface area contributed by atoms with E-state index >= 15 is 0 Å². The molecule has 0 saturated heterocycles. The monoisotopic (exact) mass is 330 g/mol. The molecule has 2 N–H and O–H groups in total. The second-order valence-electron chi connectivity index (χ2n) is 4.99. The van der Waals surface area contributed by atoms with Gasteiger partial charge in [-0.3, -0.25) is 0 Å². The molecular formula is C14H22N2O3S2. The zero-order valence-corrected chi connectivity index (χ0v) is 14.2. The zero-order chi connectivity index (χ0) is 16.0. The minimum absolute atomic E-state index is 0.138. The third kappa shape index (κ3) is 5.03. The van der Waals surface area contributed by atoms with E-state index in [4.69, 9.17) is 22.7 Å². The minimum atomic E-state index is -3.53. The van der Waals surface area contributed by atoms with Crippen molar-refractivity contribution >= 4 is 27.2 Å². The average Bonchev–Trinajstić information content (AvgIpc) is 2.38. The maximum atomic E-state index is 12.6. The molecule has 0 atom stereocenters. The van der Waals surface area contributed by atoms with Gasteiger partial charge in [0, 0.05) is 26.1 Å². The first-order valence-electron chi connectivity index (χ1n) is 6.67. The van der Waals surface area contributed by atoms with Crippen molar-refractivity contribution in [2.45, 2.75) is 31.2 Å². The maximum absolute atomic E-state index is 12.6. The molecule has 118 valence electrons. The van der Waals surface area contributed by atoms with Crippen LogP contribution in [0, 0.1) is 0 Å². The Morgan fingerprint density at radius 1 is 1.33 bits per heavy atom. The van der Waals surface area contributed by atoms with Crippen molar-refractivity contribution in [2.24, 2.45) is 5.73 Å². The Kier molecular flexibility index (Phi) is 6.73. The molecule has 21 heavy (non-hydrogen) atoms. The number of nitrogens with two attached hydrogens (primary N) is 1. The van der Waals surface area contributed by atoms with E-state index in [1.165, 1.54) is 4.31 Å². The van der Waals surface area contributed by atoms with Gasteiger partial charge in [-0.25, -0.2) is 8.42 Å². The number of benzene rings is 1. The number of hydrogen-bond donors (Lipinski definition) is 1. The van der Waals surface area contributed by atoms with E-state index in [0.717, 1.165) is 5.56 Å². The highest BCUT2D eigenvalue weighted by molar-refractivity contribution is 7.89. The lowest BCUT2D eigenvalue weighted by molar-refractivity contribution is 0.171. The third-order valence-corrected chi connectivity index (χ3v) is 5.23. The van der Waals surface area contributed by atoms with Crippen LogP contribution in [0.4, 0.5) is 0 Å². The van der Waals surface area contributed by atoms with Crippen LogP contribution in [-0.4, -0.2) is 44.0 Å². The summed E-state index contributed by atoms with van der Waals surface area (Å²) in [6, 6.07) is 6.51. The third-order valence-electron chi connectivity index (χ3n) is 3.00. The van der Waals surface area contributed by atoms with Crippen molar-refractivity contribution in [3.63, 3.8) is 0 Å². The van der Waals surface area contributed by atoms with Crippen molar-refractivity contribution in [1.29, 1.82) is 0 Å². The topological polar surface area (TPSA) is 72.6 Å². The van der Waals surface area contributed by atoms with Gasteiger partial charge in [0.2, 0.25) is 10.0 Å². The van der Waals surface area contributed by atoms with Crippen molar-refractivity contribution in [3.8, 4) is 0 Å². The van der Waals surface area contributed by atoms with Crippen LogP contribution in [0.15, 0.2) is 29.2 Å². The van der Waals surface area contributed by atoms with Crippen LogP contribution in [0.5, 0.6) is 0 Å². The lowest BCUT2D eigenvalue weighted by Crippen LogP contribution is -2.39. The molecule has 1 rings (SSSR count). The molecule has 0 radical (unpaired) electrons. The van der Waals surface area contributed by atoms with Gasteiger partial charge in [0.05, 0.1) is 16.5 Å². The summed E-state index contributed by atoms with van der Waals surface area (Å²) in [6.45, 7) is 4.37. The predicted octanol–water partition coefficient (Wildman–Crippen LogP) is 1.56. The van der Waals surface area contributed by atoms with Crippen LogP contribution < -0.4 is 5.73 Å². The molecule has 0 aliphatic heterocycles. The summed E-state index contributed by atoms with van der Waals surface area (Å²) in [5.41, 5.74) is 6.38. The van der Waals surface area contributed by atoms with Gasteiger partial charge < -0.3 is 10.5 Å². The fourth-order valence-electron chi connectivity index (χ4n) is 1.95. The highest BCUT2D eigenvalue weighted by atomic mass is 32.2. The van der Waals surface area contributed by atoms with Crippen LogP contribution in [0.3, 0.4) is 0 Å². The molecule has 0 aliphatic carbocycles. The zero-order valence-electron chi connectivity index (χ0n) is 12.6. The molecule has 0 saturated carbocycles. The van der Waals surface area contributed by atoms with E-state index < -0.39 is 10.0 Å². The molecule has 0 fully saturated rings. The van der Waals surface area contributed by atoms with E-state index in [0.29, 0.717) is 24.6 Å². The molecule has 0 amide bonds. The number of nitrogens with zero attached hydrogens (tertiary/aromatic N) is 1. The lowest BCUT2D eigenvalue weighted by atomic mass is 10.1. The first-order chi connectivity index (χ1) is 9.78. The Balaban J connectivity index is 3.02. The fraction of sp³-hybridized carbons (Fsp3) is 0.500. The molecule has 0 bridgehead atoms. The second-order valence-corrected chi connectivity index (χ2v) is 7.40. The molecule has 0 aliphatic rings. The largest absolute Gasteiger partial charge is 0.393 e. The van der Waals surface area contributed by atoms with Crippen molar-refractivity contribution in [3.05, 3.63) is 29.8 Å². The minimum Gasteiger partial charge on any atom is -0.393 e. The summed E-state index contributed by atoms with van der Waals surface area (Å²) in [4.78, 5) is 0.647. The van der Waals surface area contributed by atoms with Gasteiger partial charge in [0.1, 0.15) is 0 Å². The molecule has 0 spiro atoms. The van der Waals surface area contributed by atoms with E-state index in [2.05, 4.69) is 0 Å². The van der Waals surface area contributed by atoms with E-state index in [-0.39, 0.29) is 10.9 Å². The first kappa shape index (κ1) is 18.0. The van der Waals surface area contributed by atoms with Gasteiger partial charge in [0.15, 0.2) is 0 Å². The SMILES string of the molecule is COCCN(C(C)C)S(=O)(=O)c1ccc(CC(N)=S)cc1. The first-order valence-corrected chi connectivity index (χ1v) is 8.52. The van der Waals surface area contributed by atoms with E-state index in [9.17, 15) is 8.42 Å². The Morgan fingerprint density at radius 2 is 1.90 bits per heavy atom. The van der Waals surface area contributed by atoms with Crippen molar-refractivity contribution in [1.82, 2.24) is 4.31 Å². The number of ether oxygens (including phenoxy) is 1. The van der Waals surface area contributed by atoms with Crippen molar-refractivity contribution in [2.75, 3.05) is 20.3 Å². The van der Waals surface area contributed by atoms with Gasteiger partial charge in [0.25, 0.3) is 0 Å². The number of methoxy groups -OCH3 is 1. The van der Waals surface area contributed by atoms with Gasteiger partial charge in [-0.1, -0.05) is 24.4 Å². The summed E-state index contributed by atoms with van der Waals surface area (Å²) < 4.78 is 31.7. The molecule has 1 aromatic carbocycles. The highest BCUT2D eigenvalue weighted by Crippen LogP contribution is 2.19. The lowest BCUT2D eigenvalue weighted by Gasteiger charge is -2.25. The smallest absolute Gasteiger partial charge is 0.243 e. The number of hydrogen-bond acceptors (Lipinski definition) is 4. The standard InChI is InChI=1S/C14H22N2O3S2/c1-11(2)16(8-9-19-3)21(17,18)13-6-4-12(5-7-13)10-14(15)20/h4-7,11H,8-10H2,1-3H3,(H2,15,20). The Hall–Kier alpha value is -1.02. The van der Waals surface area contributed by atoms with E-state index in [1.54, 1.807) is 31.4 Å². The van der Waals surface area contributed by atoms with Gasteiger partial charge >= 0.3 is 0 Å². The fourth-order valence-corrected chi connectivity index (χ4v) is 3.74. The molecular weight excluding hydrogens is 308 g/mol. The number of thiocarbonyl (C=S) groups is 1. The van der Waals surface area contributed by atoms with Crippen LogP contribution in [0.2, 0.25) is 0 Å². The molecule has 7 heteroatoms. The van der Waals surface area contributed by atoms with Crippen LogP contribution in [0.1, 0.15) is 19.4 Å². The van der Waals surface area contributed by atoms with Crippen molar-refractivity contribution < 1.29 is 13.2 Å². The molecule has 5 nitrogen and oxygen atoms in total. The van der Waals surface area contributed by atoms with Crippen LogP contribution >= 0.6 is 12.2 Å². The maximum Gasteiger partial charge on any atom is 0.243 e. The molecule has 1 aromatic rings. The summed E-state index contributed by atoms with van der Waals surface area (Å²) in [5, 5.41) is 0. The van der Waals surface area contributed by atoms with Gasteiger partial charge in [-0.05, 0) is 31.5 Å². The second kappa shape index (κ2) is 7.84. The molecule has 0 aromatic heterocycles. The average molecular weight is 330 g/mol. The number of sulfonamides is 1. The summed E-state index contributed by atoms with van der Waals surface area (Å²) >= 11 is 4.84. The quantitative estimate of drug-likeness (QED) is 0.732. The van der Waals surface area contributed by atoms with Crippen LogP contribution in [-0.2, 0) is 21.2 Å².